The van der Waals surface area contributed by atoms with Gasteiger partial charge in [0.1, 0.15) is 0 Å². The van der Waals surface area contributed by atoms with E-state index in [9.17, 15) is 0 Å². The summed E-state index contributed by atoms with van der Waals surface area (Å²) < 4.78 is 4.78. The van der Waals surface area contributed by atoms with Crippen molar-refractivity contribution in [3.8, 4) is 67.3 Å². The van der Waals surface area contributed by atoms with Crippen LogP contribution in [0.25, 0.3) is 176 Å². The summed E-state index contributed by atoms with van der Waals surface area (Å²) >= 11 is 0. The van der Waals surface area contributed by atoms with E-state index in [4.69, 9.17) is 9.97 Å². The van der Waals surface area contributed by atoms with E-state index in [-0.39, 0.29) is 0 Å². The largest absolute Gasteiger partial charge is 0.309 e. The highest BCUT2D eigenvalue weighted by Gasteiger charge is 2.20. The molecule has 18 aromatic rings. The van der Waals surface area contributed by atoms with E-state index in [1.807, 2.05) is 0 Å². The molecular weight excluding hydrogens is 1040 g/mol. The summed E-state index contributed by atoms with van der Waals surface area (Å²) in [5, 5.41) is 16.8. The summed E-state index contributed by atoms with van der Waals surface area (Å²) in [5.41, 5.74) is 20.2. The Morgan fingerprint density at radius 3 is 1.21 bits per heavy atom. The summed E-state index contributed by atoms with van der Waals surface area (Å²) in [6.45, 7) is 0. The fourth-order valence-electron chi connectivity index (χ4n) is 14.0. The lowest BCUT2D eigenvalue weighted by atomic mass is 9.92. The molecule has 0 aliphatic carbocycles. The Morgan fingerprint density at radius 2 is 0.593 bits per heavy atom. The molecule has 0 atom stereocenters. The monoisotopic (exact) mass is 1090 g/mol. The minimum absolute atomic E-state index is 0.981. The predicted molar refractivity (Wildman–Crippen MR) is 363 cm³/mol. The molecule has 4 heteroatoms. The number of para-hydroxylation sites is 5. The van der Waals surface area contributed by atoms with E-state index >= 15 is 0 Å². The average Bonchev–Trinajstić information content (AvgIpc) is 2.35. The van der Waals surface area contributed by atoms with Crippen molar-refractivity contribution in [2.45, 2.75) is 0 Å². The standard InChI is InChI=1S/C82H50N4/c1-3-19-61(20-4-1)85-75-29-14-11-24-65(75)70-48-56(37-43-76(70)85)51-30-32-53(33-31-51)81-68-42-36-59-46-55(35-40-64(59)80(68)67-26-10-12-27-73(67)83-81)58-39-45-78-72(50-58)71-49-57(38-44-77(71)86(78)62-21-5-2-6-22-62)54-17-15-18-60(47-54)82-69-41-34-52-16-7-8-23-63(52)79(69)66-25-9-13-28-74(66)84-82/h1-50H. The maximum atomic E-state index is 5.40. The topological polar surface area (TPSA) is 35.6 Å². The van der Waals surface area contributed by atoms with Crippen LogP contribution in [0, 0.1) is 0 Å². The van der Waals surface area contributed by atoms with Crippen LogP contribution < -0.4 is 0 Å². The van der Waals surface area contributed by atoms with Gasteiger partial charge in [0.15, 0.2) is 0 Å². The van der Waals surface area contributed by atoms with Crippen molar-refractivity contribution in [1.29, 1.82) is 0 Å². The molecule has 0 unspecified atom stereocenters. The predicted octanol–water partition coefficient (Wildman–Crippen LogP) is 21.9. The molecule has 4 aromatic heterocycles. The van der Waals surface area contributed by atoms with E-state index < -0.39 is 0 Å². The van der Waals surface area contributed by atoms with Crippen LogP contribution in [-0.4, -0.2) is 19.1 Å². The summed E-state index contributed by atoms with van der Waals surface area (Å²) in [6.07, 6.45) is 0. The number of aromatic nitrogens is 4. The maximum Gasteiger partial charge on any atom is 0.0788 e. The van der Waals surface area contributed by atoms with Gasteiger partial charge in [-0.05, 0) is 146 Å². The van der Waals surface area contributed by atoms with E-state index in [0.29, 0.717) is 0 Å². The first-order valence-electron chi connectivity index (χ1n) is 29.5. The lowest BCUT2D eigenvalue weighted by Gasteiger charge is -2.14. The molecule has 398 valence electrons. The molecule has 0 amide bonds. The first-order chi connectivity index (χ1) is 42.6. The Kier molecular flexibility index (Phi) is 10.7. The van der Waals surface area contributed by atoms with Gasteiger partial charge < -0.3 is 9.13 Å². The maximum absolute atomic E-state index is 5.40. The van der Waals surface area contributed by atoms with Crippen molar-refractivity contribution in [3.63, 3.8) is 0 Å². The van der Waals surface area contributed by atoms with E-state index in [1.165, 1.54) is 104 Å². The summed E-state index contributed by atoms with van der Waals surface area (Å²) in [6, 6.07) is 111. The van der Waals surface area contributed by atoms with Crippen molar-refractivity contribution in [1.82, 2.24) is 19.1 Å². The molecule has 18 rings (SSSR count). The minimum atomic E-state index is 0.981. The Bertz CT molecular complexity index is 5800. The van der Waals surface area contributed by atoms with Gasteiger partial charge >= 0.3 is 0 Å². The number of fused-ring (bicyclic) bond motifs is 16. The smallest absolute Gasteiger partial charge is 0.0788 e. The molecule has 0 N–H and O–H groups in total. The van der Waals surface area contributed by atoms with Gasteiger partial charge in [0, 0.05) is 76.4 Å². The molecule has 0 fully saturated rings. The molecule has 4 heterocycles. The van der Waals surface area contributed by atoms with E-state index in [2.05, 4.69) is 312 Å². The normalized spacial score (nSPS) is 12.0. The SMILES string of the molecule is c1ccc(-n2c3ccccc3c3cc(-c4ccc(-c5nc6ccccc6c6c5ccc5cc(-c7ccc8c(c7)c7cc(-c9cccc(-c%10nc%11ccccc%11c%11c%10ccc%10ccccc%10%11)c9)ccc7n8-c7ccccc7)ccc56)cc4)ccc32)cc1. The molecule has 0 aliphatic heterocycles. The van der Waals surface area contributed by atoms with Gasteiger partial charge in [0.2, 0.25) is 0 Å². The number of rotatable bonds is 7. The highest BCUT2D eigenvalue weighted by atomic mass is 15.0. The van der Waals surface area contributed by atoms with Crippen LogP contribution in [0.15, 0.2) is 303 Å². The molecule has 0 bridgehead atoms. The third kappa shape index (κ3) is 7.50. The summed E-state index contributed by atoms with van der Waals surface area (Å²) in [7, 11) is 0. The molecule has 0 saturated carbocycles. The lowest BCUT2D eigenvalue weighted by Crippen LogP contribution is -1.93. The molecule has 86 heavy (non-hydrogen) atoms. The number of hydrogen-bond acceptors (Lipinski definition) is 2. The fraction of sp³-hybridized carbons (Fsp3) is 0. The van der Waals surface area contributed by atoms with Crippen LogP contribution in [0.1, 0.15) is 0 Å². The zero-order chi connectivity index (χ0) is 56.4. The quantitative estimate of drug-likeness (QED) is 0.149. The van der Waals surface area contributed by atoms with Gasteiger partial charge in [-0.15, -0.1) is 0 Å². The molecule has 0 aliphatic rings. The zero-order valence-corrected chi connectivity index (χ0v) is 46.7. The molecule has 14 aromatic carbocycles. The van der Waals surface area contributed by atoms with Gasteiger partial charge in [-0.2, -0.15) is 0 Å². The molecular formula is C82H50N4. The van der Waals surface area contributed by atoms with Crippen LogP contribution in [0.3, 0.4) is 0 Å². The fourth-order valence-corrected chi connectivity index (χ4v) is 14.0. The second kappa shape index (κ2) is 19.0. The van der Waals surface area contributed by atoms with Gasteiger partial charge in [-0.25, -0.2) is 9.97 Å². The van der Waals surface area contributed by atoms with Crippen molar-refractivity contribution >= 4 is 109 Å². The number of pyridine rings is 2. The van der Waals surface area contributed by atoms with Crippen LogP contribution in [0.5, 0.6) is 0 Å². The van der Waals surface area contributed by atoms with Crippen LogP contribution in [-0.2, 0) is 0 Å². The number of benzene rings is 14. The van der Waals surface area contributed by atoms with Crippen LogP contribution >= 0.6 is 0 Å². The van der Waals surface area contributed by atoms with Crippen molar-refractivity contribution in [2.75, 3.05) is 0 Å². The average molecular weight is 1090 g/mol. The highest BCUT2D eigenvalue weighted by Crippen LogP contribution is 2.44. The second-order valence-electron chi connectivity index (χ2n) is 22.8. The van der Waals surface area contributed by atoms with Gasteiger partial charge in [-0.1, -0.05) is 212 Å². The van der Waals surface area contributed by atoms with Crippen molar-refractivity contribution in [2.24, 2.45) is 0 Å². The van der Waals surface area contributed by atoms with Gasteiger partial charge in [0.05, 0.1) is 44.5 Å². The Hall–Kier alpha value is -11.5. The molecule has 4 nitrogen and oxygen atoms in total. The summed E-state index contributed by atoms with van der Waals surface area (Å²) in [5.74, 6) is 0. The third-order valence-electron chi connectivity index (χ3n) is 18.0. The third-order valence-corrected chi connectivity index (χ3v) is 18.0. The van der Waals surface area contributed by atoms with E-state index in [0.717, 1.165) is 72.2 Å². The Balaban J connectivity index is 0.731. The zero-order valence-electron chi connectivity index (χ0n) is 46.7. The summed E-state index contributed by atoms with van der Waals surface area (Å²) in [4.78, 5) is 10.8. The second-order valence-corrected chi connectivity index (χ2v) is 22.8. The number of nitrogens with zero attached hydrogens (tertiary/aromatic N) is 4. The Morgan fingerprint density at radius 1 is 0.198 bits per heavy atom. The van der Waals surface area contributed by atoms with Crippen molar-refractivity contribution < 1.29 is 0 Å². The first kappa shape index (κ1) is 48.1. The molecule has 0 radical (unpaired) electrons. The van der Waals surface area contributed by atoms with E-state index in [1.54, 1.807) is 0 Å². The van der Waals surface area contributed by atoms with Crippen LogP contribution in [0.2, 0.25) is 0 Å². The molecule has 0 spiro atoms. The van der Waals surface area contributed by atoms with Gasteiger partial charge in [0.25, 0.3) is 0 Å². The van der Waals surface area contributed by atoms with Gasteiger partial charge in [-0.3, -0.25) is 0 Å². The van der Waals surface area contributed by atoms with Crippen molar-refractivity contribution in [3.05, 3.63) is 303 Å². The highest BCUT2D eigenvalue weighted by molar-refractivity contribution is 6.24. The molecule has 0 saturated heterocycles. The Labute approximate surface area is 495 Å². The first-order valence-corrected chi connectivity index (χ1v) is 29.5. The van der Waals surface area contributed by atoms with Crippen LogP contribution in [0.4, 0.5) is 0 Å². The minimum Gasteiger partial charge on any atom is -0.309 e. The lowest BCUT2D eigenvalue weighted by molar-refractivity contribution is 1.18. The number of hydrogen-bond donors (Lipinski definition) is 0.